The maximum atomic E-state index is 12.4. The first-order chi connectivity index (χ1) is 9.32. The third kappa shape index (κ3) is 3.00. The van der Waals surface area contributed by atoms with Crippen LogP contribution >= 0.6 is 0 Å². The largest absolute Gasteiger partial charge is 0.379 e. The molecular formula is C14H24N4O2. The van der Waals surface area contributed by atoms with Gasteiger partial charge in [-0.1, -0.05) is 27.7 Å². The molecule has 1 fully saturated rings. The Morgan fingerprint density at radius 2 is 2.15 bits per heavy atom. The van der Waals surface area contributed by atoms with Crippen molar-refractivity contribution in [3.8, 4) is 0 Å². The van der Waals surface area contributed by atoms with Gasteiger partial charge >= 0.3 is 0 Å². The molecule has 0 radical (unpaired) electrons. The molecule has 2 unspecified atom stereocenters. The highest BCUT2D eigenvalue weighted by Gasteiger charge is 2.31. The Kier molecular flexibility index (Phi) is 4.13. The summed E-state index contributed by atoms with van der Waals surface area (Å²) in [6.45, 7) is 9.59. The van der Waals surface area contributed by atoms with E-state index in [0.29, 0.717) is 12.5 Å². The molecule has 0 spiro atoms. The van der Waals surface area contributed by atoms with Crippen LogP contribution in [0.2, 0.25) is 0 Å². The van der Waals surface area contributed by atoms with E-state index in [1.807, 2.05) is 20.8 Å². The molecule has 0 saturated carbocycles. The zero-order chi connectivity index (χ0) is 14.9. The zero-order valence-electron chi connectivity index (χ0n) is 12.9. The molecule has 1 aliphatic heterocycles. The van der Waals surface area contributed by atoms with Crippen LogP contribution in [0.4, 0.5) is 0 Å². The number of ether oxygens (including phenoxy) is 1. The van der Waals surface area contributed by atoms with E-state index in [1.165, 1.54) is 0 Å². The van der Waals surface area contributed by atoms with Gasteiger partial charge in [0, 0.05) is 25.6 Å². The third-order valence-electron chi connectivity index (χ3n) is 3.87. The minimum atomic E-state index is -0.142. The van der Waals surface area contributed by atoms with Crippen LogP contribution in [0.25, 0.3) is 0 Å². The maximum Gasteiger partial charge on any atom is 0.293 e. The number of H-pyrrole nitrogens is 1. The predicted molar refractivity (Wildman–Crippen MR) is 75.6 cm³/mol. The number of aromatic nitrogens is 3. The molecule has 1 aliphatic rings. The summed E-state index contributed by atoms with van der Waals surface area (Å²) < 4.78 is 5.44. The second-order valence-corrected chi connectivity index (χ2v) is 6.55. The first-order valence-corrected chi connectivity index (χ1v) is 7.08. The Bertz CT molecular complexity index is 478. The van der Waals surface area contributed by atoms with Gasteiger partial charge in [0.15, 0.2) is 0 Å². The lowest BCUT2D eigenvalue weighted by Crippen LogP contribution is -2.46. The van der Waals surface area contributed by atoms with Crippen molar-refractivity contribution in [1.82, 2.24) is 20.1 Å². The molecule has 0 aromatic carbocycles. The number of amides is 1. The van der Waals surface area contributed by atoms with Gasteiger partial charge in [-0.3, -0.25) is 9.89 Å². The highest BCUT2D eigenvalue weighted by Crippen LogP contribution is 2.21. The SMILES string of the molecule is COC1CN(C(=O)c2n[nH]c(C(C)(C)C)n2)CCC1C. The van der Waals surface area contributed by atoms with Crippen LogP contribution in [0.5, 0.6) is 0 Å². The summed E-state index contributed by atoms with van der Waals surface area (Å²) >= 11 is 0. The van der Waals surface area contributed by atoms with E-state index in [9.17, 15) is 4.79 Å². The monoisotopic (exact) mass is 280 g/mol. The number of nitrogens with one attached hydrogen (secondary N) is 1. The van der Waals surface area contributed by atoms with E-state index in [0.717, 1.165) is 18.8 Å². The second kappa shape index (κ2) is 5.52. The van der Waals surface area contributed by atoms with Crippen molar-refractivity contribution in [3.63, 3.8) is 0 Å². The van der Waals surface area contributed by atoms with Crippen molar-refractivity contribution < 1.29 is 9.53 Å². The second-order valence-electron chi connectivity index (χ2n) is 6.55. The van der Waals surface area contributed by atoms with Crippen LogP contribution in [0, 0.1) is 5.92 Å². The lowest BCUT2D eigenvalue weighted by Gasteiger charge is -2.35. The van der Waals surface area contributed by atoms with Crippen molar-refractivity contribution in [2.45, 2.75) is 45.6 Å². The van der Waals surface area contributed by atoms with Crippen LogP contribution in [0.1, 0.15) is 50.6 Å². The zero-order valence-corrected chi connectivity index (χ0v) is 12.9. The molecule has 0 bridgehead atoms. The molecule has 20 heavy (non-hydrogen) atoms. The molecule has 6 heteroatoms. The summed E-state index contributed by atoms with van der Waals surface area (Å²) in [5, 5.41) is 6.92. The van der Waals surface area contributed by atoms with E-state index in [4.69, 9.17) is 4.74 Å². The van der Waals surface area contributed by atoms with Crippen LogP contribution in [0.15, 0.2) is 0 Å². The molecule has 1 amide bonds. The van der Waals surface area contributed by atoms with E-state index < -0.39 is 0 Å². The van der Waals surface area contributed by atoms with Gasteiger partial charge in [0.25, 0.3) is 5.91 Å². The third-order valence-corrected chi connectivity index (χ3v) is 3.87. The Hall–Kier alpha value is -1.43. The first-order valence-electron chi connectivity index (χ1n) is 7.08. The van der Waals surface area contributed by atoms with Crippen LogP contribution in [-0.4, -0.2) is 52.3 Å². The fourth-order valence-corrected chi connectivity index (χ4v) is 2.36. The molecule has 2 atom stereocenters. The standard InChI is InChI=1S/C14H24N4O2/c1-9-6-7-18(8-10(9)20-5)12(19)11-15-13(17-16-11)14(2,3)4/h9-10H,6-8H2,1-5H3,(H,15,16,17). The van der Waals surface area contributed by atoms with Gasteiger partial charge < -0.3 is 9.64 Å². The van der Waals surface area contributed by atoms with Crippen molar-refractivity contribution in [3.05, 3.63) is 11.6 Å². The molecule has 1 aromatic rings. The molecule has 112 valence electrons. The van der Waals surface area contributed by atoms with Gasteiger partial charge in [-0.05, 0) is 12.3 Å². The summed E-state index contributed by atoms with van der Waals surface area (Å²) in [6.07, 6.45) is 1.04. The minimum Gasteiger partial charge on any atom is -0.379 e. The smallest absolute Gasteiger partial charge is 0.293 e. The molecule has 2 heterocycles. The van der Waals surface area contributed by atoms with Gasteiger partial charge in [-0.15, -0.1) is 5.10 Å². The van der Waals surface area contributed by atoms with Crippen molar-refractivity contribution >= 4 is 5.91 Å². The fourth-order valence-electron chi connectivity index (χ4n) is 2.36. The number of aromatic amines is 1. The highest BCUT2D eigenvalue weighted by molar-refractivity contribution is 5.90. The van der Waals surface area contributed by atoms with Crippen molar-refractivity contribution in [1.29, 1.82) is 0 Å². The number of hydrogen-bond donors (Lipinski definition) is 1. The molecule has 1 aromatic heterocycles. The first kappa shape index (κ1) is 15.0. The molecule has 1 N–H and O–H groups in total. The summed E-state index contributed by atoms with van der Waals surface area (Å²) in [6, 6.07) is 0. The van der Waals surface area contributed by atoms with E-state index in [2.05, 4.69) is 22.1 Å². The van der Waals surface area contributed by atoms with Gasteiger partial charge in [0.1, 0.15) is 5.82 Å². The summed E-state index contributed by atoms with van der Waals surface area (Å²) in [5.41, 5.74) is -0.142. The van der Waals surface area contributed by atoms with E-state index in [1.54, 1.807) is 12.0 Å². The van der Waals surface area contributed by atoms with Gasteiger partial charge in [0.05, 0.1) is 6.10 Å². The number of carbonyl (C=O) groups excluding carboxylic acids is 1. The van der Waals surface area contributed by atoms with Crippen LogP contribution in [0.3, 0.4) is 0 Å². The Labute approximate surface area is 119 Å². The van der Waals surface area contributed by atoms with Gasteiger partial charge in [-0.2, -0.15) is 0 Å². The summed E-state index contributed by atoms with van der Waals surface area (Å²) in [4.78, 5) is 18.5. The lowest BCUT2D eigenvalue weighted by atomic mass is 9.95. The fraction of sp³-hybridized carbons (Fsp3) is 0.786. The molecular weight excluding hydrogens is 256 g/mol. The number of carbonyl (C=O) groups is 1. The summed E-state index contributed by atoms with van der Waals surface area (Å²) in [5.74, 6) is 1.33. The number of rotatable bonds is 2. The number of nitrogens with zero attached hydrogens (tertiary/aromatic N) is 3. The molecule has 2 rings (SSSR count). The van der Waals surface area contributed by atoms with Gasteiger partial charge in [0.2, 0.25) is 5.82 Å². The number of methoxy groups -OCH3 is 1. The molecule has 1 saturated heterocycles. The van der Waals surface area contributed by atoms with E-state index >= 15 is 0 Å². The maximum absolute atomic E-state index is 12.4. The predicted octanol–water partition coefficient (Wildman–Crippen LogP) is 1.60. The number of hydrogen-bond acceptors (Lipinski definition) is 4. The number of piperidine rings is 1. The quantitative estimate of drug-likeness (QED) is 0.893. The highest BCUT2D eigenvalue weighted by atomic mass is 16.5. The normalized spacial score (nSPS) is 23.9. The Morgan fingerprint density at radius 1 is 1.45 bits per heavy atom. The molecule has 0 aliphatic carbocycles. The minimum absolute atomic E-state index is 0.0914. The van der Waals surface area contributed by atoms with Crippen LogP contribution in [-0.2, 0) is 10.2 Å². The van der Waals surface area contributed by atoms with Crippen molar-refractivity contribution in [2.24, 2.45) is 5.92 Å². The van der Waals surface area contributed by atoms with Gasteiger partial charge in [-0.25, -0.2) is 4.98 Å². The average Bonchev–Trinajstić information content (AvgIpc) is 2.88. The Morgan fingerprint density at radius 3 is 2.70 bits per heavy atom. The summed E-state index contributed by atoms with van der Waals surface area (Å²) in [7, 11) is 1.69. The number of likely N-dealkylation sites (tertiary alicyclic amines) is 1. The molecule has 6 nitrogen and oxygen atoms in total. The average molecular weight is 280 g/mol. The van der Waals surface area contributed by atoms with E-state index in [-0.39, 0.29) is 23.3 Å². The van der Waals surface area contributed by atoms with Crippen molar-refractivity contribution in [2.75, 3.05) is 20.2 Å². The lowest BCUT2D eigenvalue weighted by molar-refractivity contribution is -0.00198. The topological polar surface area (TPSA) is 71.1 Å². The van der Waals surface area contributed by atoms with Crippen LogP contribution < -0.4 is 0 Å². The Balaban J connectivity index is 2.10.